The van der Waals surface area contributed by atoms with Gasteiger partial charge in [-0.3, -0.25) is 0 Å². The van der Waals surface area contributed by atoms with Gasteiger partial charge in [-0.2, -0.15) is 5.26 Å². The molecule has 1 unspecified atom stereocenters. The largest absolute Gasteiger partial charge is 0.490 e. The topological polar surface area (TPSA) is 79.5 Å². The van der Waals surface area contributed by atoms with Crippen molar-refractivity contribution < 1.29 is 19.4 Å². The monoisotopic (exact) mass is 313 g/mol. The molecule has 0 bridgehead atoms. The number of benzene rings is 1. The third-order valence-electron chi connectivity index (χ3n) is 2.06. The minimum absolute atomic E-state index is 0.0894. The Morgan fingerprint density at radius 2 is 2.28 bits per heavy atom. The molecule has 0 aliphatic heterocycles. The van der Waals surface area contributed by atoms with Crippen molar-refractivity contribution in [2.75, 3.05) is 13.2 Å². The highest BCUT2D eigenvalue weighted by atomic mass is 79.9. The van der Waals surface area contributed by atoms with E-state index in [1.165, 1.54) is 6.07 Å². The molecule has 0 radical (unpaired) electrons. The Balaban J connectivity index is 2.59. The molecule has 6 heteroatoms. The Morgan fingerprint density at radius 1 is 1.56 bits per heavy atom. The Kier molecular flexibility index (Phi) is 5.62. The number of hydrogen-bond acceptors (Lipinski definition) is 4. The number of aromatic carboxylic acids is 1. The van der Waals surface area contributed by atoms with Gasteiger partial charge in [0.25, 0.3) is 0 Å². The maximum atomic E-state index is 11.0. The normalized spacial score (nSPS) is 11.6. The summed E-state index contributed by atoms with van der Waals surface area (Å²) >= 11 is 3.24. The smallest absolute Gasteiger partial charge is 0.339 e. The average molecular weight is 314 g/mol. The van der Waals surface area contributed by atoms with E-state index in [1.54, 1.807) is 19.1 Å². The fourth-order valence-electron chi connectivity index (χ4n) is 1.21. The SMILES string of the molecule is CC(C#N)OCCOc1cc(Br)ccc1C(=O)O. The van der Waals surface area contributed by atoms with Crippen LogP contribution in [-0.4, -0.2) is 30.4 Å². The lowest BCUT2D eigenvalue weighted by Crippen LogP contribution is -2.13. The Bertz CT molecular complexity index is 470. The van der Waals surface area contributed by atoms with Crippen LogP contribution in [-0.2, 0) is 4.74 Å². The van der Waals surface area contributed by atoms with Crippen LogP contribution in [0, 0.1) is 11.3 Å². The fourth-order valence-corrected chi connectivity index (χ4v) is 1.55. The molecule has 1 aromatic rings. The van der Waals surface area contributed by atoms with Crippen LogP contribution in [0.25, 0.3) is 0 Å². The minimum Gasteiger partial charge on any atom is -0.490 e. The molecule has 18 heavy (non-hydrogen) atoms. The van der Waals surface area contributed by atoms with Gasteiger partial charge in [-0.1, -0.05) is 15.9 Å². The summed E-state index contributed by atoms with van der Waals surface area (Å²) in [6.07, 6.45) is -0.505. The maximum absolute atomic E-state index is 11.0. The van der Waals surface area contributed by atoms with Gasteiger partial charge in [0.15, 0.2) is 0 Å². The molecule has 5 nitrogen and oxygen atoms in total. The zero-order chi connectivity index (χ0) is 13.5. The van der Waals surface area contributed by atoms with Crippen LogP contribution in [0.1, 0.15) is 17.3 Å². The van der Waals surface area contributed by atoms with Crippen molar-refractivity contribution in [2.45, 2.75) is 13.0 Å². The highest BCUT2D eigenvalue weighted by Crippen LogP contribution is 2.23. The number of rotatable bonds is 6. The molecule has 1 rings (SSSR count). The molecule has 1 atom stereocenters. The number of ether oxygens (including phenoxy) is 2. The summed E-state index contributed by atoms with van der Waals surface area (Å²) < 4.78 is 11.2. The van der Waals surface area contributed by atoms with Gasteiger partial charge in [0.1, 0.15) is 24.0 Å². The maximum Gasteiger partial charge on any atom is 0.339 e. The van der Waals surface area contributed by atoms with Crippen molar-refractivity contribution >= 4 is 21.9 Å². The van der Waals surface area contributed by atoms with E-state index in [4.69, 9.17) is 19.8 Å². The molecule has 0 fully saturated rings. The molecule has 96 valence electrons. The predicted octanol–water partition coefficient (Wildman–Crippen LogP) is 2.45. The molecular weight excluding hydrogens is 302 g/mol. The van der Waals surface area contributed by atoms with E-state index >= 15 is 0 Å². The number of halogens is 1. The van der Waals surface area contributed by atoms with Crippen LogP contribution >= 0.6 is 15.9 Å². The summed E-state index contributed by atoms with van der Waals surface area (Å²) in [6.45, 7) is 2.03. The average Bonchev–Trinajstić information content (AvgIpc) is 2.34. The van der Waals surface area contributed by atoms with E-state index in [9.17, 15) is 4.79 Å². The highest BCUT2D eigenvalue weighted by Gasteiger charge is 2.11. The van der Waals surface area contributed by atoms with Crippen LogP contribution in [0.2, 0.25) is 0 Å². The summed E-state index contributed by atoms with van der Waals surface area (Å²) in [4.78, 5) is 11.0. The predicted molar refractivity (Wildman–Crippen MR) is 67.6 cm³/mol. The van der Waals surface area contributed by atoms with E-state index in [1.807, 2.05) is 6.07 Å². The molecule has 1 aromatic carbocycles. The quantitative estimate of drug-likeness (QED) is 0.816. The number of hydrogen-bond donors (Lipinski definition) is 1. The second-order valence-electron chi connectivity index (χ2n) is 3.44. The number of nitriles is 1. The number of carboxylic acids is 1. The van der Waals surface area contributed by atoms with Crippen molar-refractivity contribution in [3.8, 4) is 11.8 Å². The Labute approximate surface area is 113 Å². The van der Waals surface area contributed by atoms with Crippen LogP contribution < -0.4 is 4.74 Å². The van der Waals surface area contributed by atoms with Crippen molar-refractivity contribution in [3.63, 3.8) is 0 Å². The van der Waals surface area contributed by atoms with Gasteiger partial charge in [0.2, 0.25) is 0 Å². The second kappa shape index (κ2) is 6.99. The van der Waals surface area contributed by atoms with E-state index in [0.717, 1.165) is 4.47 Å². The fraction of sp³-hybridized carbons (Fsp3) is 0.333. The first-order chi connectivity index (χ1) is 8.54. The zero-order valence-electron chi connectivity index (χ0n) is 9.72. The van der Waals surface area contributed by atoms with Gasteiger partial charge in [0.05, 0.1) is 12.7 Å². The molecule has 0 saturated heterocycles. The zero-order valence-corrected chi connectivity index (χ0v) is 11.3. The van der Waals surface area contributed by atoms with E-state index in [-0.39, 0.29) is 24.5 Å². The third-order valence-corrected chi connectivity index (χ3v) is 2.56. The van der Waals surface area contributed by atoms with E-state index in [2.05, 4.69) is 15.9 Å². The molecule has 0 aromatic heterocycles. The molecule has 1 N–H and O–H groups in total. The summed E-state index contributed by atoms with van der Waals surface area (Å²) in [5, 5.41) is 17.5. The highest BCUT2D eigenvalue weighted by molar-refractivity contribution is 9.10. The molecule has 0 spiro atoms. The van der Waals surface area contributed by atoms with Gasteiger partial charge in [-0.25, -0.2) is 4.79 Å². The molecule has 0 amide bonds. The van der Waals surface area contributed by atoms with Crippen molar-refractivity contribution in [1.82, 2.24) is 0 Å². The molecule has 0 aliphatic rings. The lowest BCUT2D eigenvalue weighted by Gasteiger charge is -2.10. The van der Waals surface area contributed by atoms with Crippen molar-refractivity contribution in [2.24, 2.45) is 0 Å². The Hall–Kier alpha value is -1.58. The van der Waals surface area contributed by atoms with Gasteiger partial charge in [0, 0.05) is 4.47 Å². The summed E-state index contributed by atoms with van der Waals surface area (Å²) in [5.41, 5.74) is 0.0894. The first-order valence-corrected chi connectivity index (χ1v) is 6.00. The van der Waals surface area contributed by atoms with Gasteiger partial charge >= 0.3 is 5.97 Å². The lowest BCUT2D eigenvalue weighted by molar-refractivity contribution is 0.0663. The lowest BCUT2D eigenvalue weighted by atomic mass is 10.2. The third kappa shape index (κ3) is 4.35. The van der Waals surface area contributed by atoms with Crippen molar-refractivity contribution in [3.05, 3.63) is 28.2 Å². The summed E-state index contributed by atoms with van der Waals surface area (Å²) in [5.74, 6) is -0.783. The minimum atomic E-state index is -1.05. The van der Waals surface area contributed by atoms with Crippen LogP contribution in [0.3, 0.4) is 0 Å². The van der Waals surface area contributed by atoms with Crippen LogP contribution in [0.5, 0.6) is 5.75 Å². The van der Waals surface area contributed by atoms with E-state index in [0.29, 0.717) is 0 Å². The first-order valence-electron chi connectivity index (χ1n) is 5.21. The van der Waals surface area contributed by atoms with Crippen LogP contribution in [0.15, 0.2) is 22.7 Å². The number of carbonyl (C=O) groups is 1. The van der Waals surface area contributed by atoms with Gasteiger partial charge < -0.3 is 14.6 Å². The molecular formula is C12H12BrNO4. The molecule has 0 saturated carbocycles. The van der Waals surface area contributed by atoms with Crippen molar-refractivity contribution in [1.29, 1.82) is 5.26 Å². The number of carboxylic acid groups (broad SMARTS) is 1. The Morgan fingerprint density at radius 3 is 2.89 bits per heavy atom. The molecule has 0 heterocycles. The summed E-state index contributed by atoms with van der Waals surface area (Å²) in [6, 6.07) is 6.59. The summed E-state index contributed by atoms with van der Waals surface area (Å²) in [7, 11) is 0. The van der Waals surface area contributed by atoms with Crippen LogP contribution in [0.4, 0.5) is 0 Å². The first kappa shape index (κ1) is 14.5. The molecule has 0 aliphatic carbocycles. The van der Waals surface area contributed by atoms with Gasteiger partial charge in [-0.05, 0) is 25.1 Å². The standard InChI is InChI=1S/C12H12BrNO4/c1-8(7-14)17-4-5-18-11-6-9(13)2-3-10(11)12(15)16/h2-3,6,8H,4-5H2,1H3,(H,15,16). The van der Waals surface area contributed by atoms with Gasteiger partial charge in [-0.15, -0.1) is 0 Å². The second-order valence-corrected chi connectivity index (χ2v) is 4.35. The number of nitrogens with zero attached hydrogens (tertiary/aromatic N) is 1. The van der Waals surface area contributed by atoms with E-state index < -0.39 is 12.1 Å².